The average molecular weight is 283 g/mol. The molecule has 0 bridgehead atoms. The van der Waals surface area contributed by atoms with Crippen LogP contribution >= 0.6 is 0 Å². The number of fused-ring (bicyclic) bond motifs is 1. The van der Waals surface area contributed by atoms with Crippen LogP contribution in [0.15, 0.2) is 41.1 Å². The van der Waals surface area contributed by atoms with Gasteiger partial charge in [-0.1, -0.05) is 32.0 Å². The van der Waals surface area contributed by atoms with Crippen LogP contribution in [0.25, 0.3) is 0 Å². The number of carbonyl (C=O) groups excluding carboxylic acids is 1. The lowest BCUT2D eigenvalue weighted by molar-refractivity contribution is -0.122. The lowest BCUT2D eigenvalue weighted by Crippen LogP contribution is -2.23. The number of amides is 1. The van der Waals surface area contributed by atoms with Gasteiger partial charge in [0, 0.05) is 36.0 Å². The van der Waals surface area contributed by atoms with Crippen LogP contribution in [0.4, 0.5) is 5.69 Å². The van der Waals surface area contributed by atoms with Gasteiger partial charge in [-0.25, -0.2) is 5.43 Å². The number of carbonyl (C=O) groups is 1. The van der Waals surface area contributed by atoms with Crippen LogP contribution in [-0.4, -0.2) is 19.2 Å². The molecule has 1 aliphatic heterocycles. The molecule has 1 aromatic carbocycles. The van der Waals surface area contributed by atoms with Crippen molar-refractivity contribution in [2.24, 2.45) is 11.0 Å². The fourth-order valence-corrected chi connectivity index (χ4v) is 2.95. The van der Waals surface area contributed by atoms with Gasteiger partial charge in [0.05, 0.1) is 0 Å². The summed E-state index contributed by atoms with van der Waals surface area (Å²) in [6, 6.07) is 8.42. The number of nitrogens with one attached hydrogen (secondary N) is 1. The van der Waals surface area contributed by atoms with Crippen molar-refractivity contribution in [1.29, 1.82) is 0 Å². The standard InChI is InChI=1S/C17H21N3O/c1-17(2)13-6-4-5-7-14(13)20(3)15(17)10-11-18-19-16(21)12-8-9-12/h4-7,10-12H,8-9H2,1-3H3,(H,19,21). The normalized spacial score (nSPS) is 21.9. The second kappa shape index (κ2) is 5.02. The first-order chi connectivity index (χ1) is 10.0. The zero-order chi connectivity index (χ0) is 15.0. The molecule has 0 spiro atoms. The Morgan fingerprint density at radius 2 is 2.10 bits per heavy atom. The summed E-state index contributed by atoms with van der Waals surface area (Å²) in [6.07, 6.45) is 5.65. The van der Waals surface area contributed by atoms with E-state index in [2.05, 4.69) is 60.6 Å². The van der Waals surface area contributed by atoms with Crippen molar-refractivity contribution in [3.63, 3.8) is 0 Å². The third-order valence-corrected chi connectivity index (χ3v) is 4.37. The molecule has 21 heavy (non-hydrogen) atoms. The van der Waals surface area contributed by atoms with E-state index in [4.69, 9.17) is 0 Å². The monoisotopic (exact) mass is 283 g/mol. The third-order valence-electron chi connectivity index (χ3n) is 4.37. The molecule has 0 atom stereocenters. The van der Waals surface area contributed by atoms with E-state index >= 15 is 0 Å². The lowest BCUT2D eigenvalue weighted by Gasteiger charge is -2.23. The molecule has 1 saturated carbocycles. The molecule has 1 amide bonds. The molecular formula is C17H21N3O. The molecule has 0 radical (unpaired) electrons. The van der Waals surface area contributed by atoms with E-state index in [1.807, 2.05) is 6.08 Å². The van der Waals surface area contributed by atoms with Crippen molar-refractivity contribution in [3.8, 4) is 0 Å². The smallest absolute Gasteiger partial charge is 0.243 e. The minimum Gasteiger partial charge on any atom is -0.347 e. The first kappa shape index (κ1) is 13.9. The Labute approximate surface area is 125 Å². The van der Waals surface area contributed by atoms with Crippen LogP contribution in [0.3, 0.4) is 0 Å². The topological polar surface area (TPSA) is 44.7 Å². The number of likely N-dealkylation sites (N-methyl/N-ethyl adjacent to an activating group) is 1. The summed E-state index contributed by atoms with van der Waals surface area (Å²) in [5, 5.41) is 4.03. The molecule has 0 aromatic heterocycles. The van der Waals surface area contributed by atoms with Crippen LogP contribution in [-0.2, 0) is 10.2 Å². The molecule has 3 rings (SSSR count). The highest BCUT2D eigenvalue weighted by Crippen LogP contribution is 2.46. The van der Waals surface area contributed by atoms with E-state index in [9.17, 15) is 4.79 Å². The highest BCUT2D eigenvalue weighted by Gasteiger charge is 2.37. The Morgan fingerprint density at radius 3 is 2.76 bits per heavy atom. The van der Waals surface area contributed by atoms with Gasteiger partial charge in [0.15, 0.2) is 0 Å². The Kier molecular flexibility index (Phi) is 3.32. The number of hydrogen-bond acceptors (Lipinski definition) is 3. The molecule has 1 aliphatic carbocycles. The minimum absolute atomic E-state index is 0.0342. The van der Waals surface area contributed by atoms with E-state index in [0.29, 0.717) is 0 Å². The summed E-state index contributed by atoms with van der Waals surface area (Å²) >= 11 is 0. The van der Waals surface area contributed by atoms with Crippen LogP contribution in [0.5, 0.6) is 0 Å². The molecule has 1 N–H and O–H groups in total. The first-order valence-electron chi connectivity index (χ1n) is 7.38. The van der Waals surface area contributed by atoms with Gasteiger partial charge in [-0.15, -0.1) is 0 Å². The Balaban J connectivity index is 1.77. The quantitative estimate of drug-likeness (QED) is 0.685. The number of anilines is 1. The van der Waals surface area contributed by atoms with E-state index in [0.717, 1.165) is 12.8 Å². The summed E-state index contributed by atoms with van der Waals surface area (Å²) in [7, 11) is 2.07. The number of hydrogen-bond donors (Lipinski definition) is 1. The molecule has 4 heteroatoms. The van der Waals surface area contributed by atoms with Gasteiger partial charge in [-0.3, -0.25) is 4.79 Å². The van der Waals surface area contributed by atoms with Crippen molar-refractivity contribution in [2.75, 3.05) is 11.9 Å². The molecule has 1 fully saturated rings. The van der Waals surface area contributed by atoms with Crippen molar-refractivity contribution >= 4 is 17.8 Å². The van der Waals surface area contributed by atoms with Gasteiger partial charge in [-0.2, -0.15) is 5.10 Å². The minimum atomic E-state index is -0.0577. The second-order valence-corrected chi connectivity index (χ2v) is 6.28. The molecule has 0 unspecified atom stereocenters. The average Bonchev–Trinajstić information content (AvgIpc) is 3.28. The van der Waals surface area contributed by atoms with Gasteiger partial charge in [0.1, 0.15) is 0 Å². The van der Waals surface area contributed by atoms with Crippen LogP contribution in [0.1, 0.15) is 32.3 Å². The zero-order valence-corrected chi connectivity index (χ0v) is 12.8. The fraction of sp³-hybridized carbons (Fsp3) is 0.412. The number of benzene rings is 1. The maximum Gasteiger partial charge on any atom is 0.243 e. The van der Waals surface area contributed by atoms with E-state index in [1.165, 1.54) is 16.9 Å². The Morgan fingerprint density at radius 1 is 1.38 bits per heavy atom. The second-order valence-electron chi connectivity index (χ2n) is 6.28. The summed E-state index contributed by atoms with van der Waals surface area (Å²) in [4.78, 5) is 13.7. The van der Waals surface area contributed by atoms with Crippen molar-refractivity contribution in [3.05, 3.63) is 41.6 Å². The number of allylic oxidation sites excluding steroid dienone is 2. The van der Waals surface area contributed by atoms with Crippen LogP contribution < -0.4 is 10.3 Å². The lowest BCUT2D eigenvalue weighted by atomic mass is 9.84. The summed E-state index contributed by atoms with van der Waals surface area (Å²) < 4.78 is 0. The highest BCUT2D eigenvalue weighted by atomic mass is 16.2. The van der Waals surface area contributed by atoms with E-state index < -0.39 is 0 Å². The predicted octanol–water partition coefficient (Wildman–Crippen LogP) is 2.81. The van der Waals surface area contributed by atoms with Crippen molar-refractivity contribution < 1.29 is 4.79 Å². The SMILES string of the molecule is CN1C(=CC=NNC(=O)C2CC2)C(C)(C)c2ccccc21. The van der Waals surface area contributed by atoms with Gasteiger partial charge in [-0.05, 0) is 30.5 Å². The highest BCUT2D eigenvalue weighted by molar-refractivity contribution is 5.83. The van der Waals surface area contributed by atoms with Gasteiger partial charge in [0.25, 0.3) is 0 Å². The largest absolute Gasteiger partial charge is 0.347 e. The molecule has 0 saturated heterocycles. The summed E-state index contributed by atoms with van der Waals surface area (Å²) in [5.74, 6) is 0.219. The third kappa shape index (κ3) is 2.46. The number of hydrazone groups is 1. The fourth-order valence-electron chi connectivity index (χ4n) is 2.95. The van der Waals surface area contributed by atoms with Crippen LogP contribution in [0, 0.1) is 5.92 Å². The molecule has 1 aromatic rings. The van der Waals surface area contributed by atoms with Gasteiger partial charge < -0.3 is 4.90 Å². The maximum absolute atomic E-state index is 11.5. The zero-order valence-electron chi connectivity index (χ0n) is 12.8. The first-order valence-corrected chi connectivity index (χ1v) is 7.38. The van der Waals surface area contributed by atoms with E-state index in [1.54, 1.807) is 6.21 Å². The number of para-hydroxylation sites is 1. The summed E-state index contributed by atoms with van der Waals surface area (Å²) in [6.45, 7) is 4.41. The molecule has 1 heterocycles. The Bertz CT molecular complexity index is 627. The maximum atomic E-state index is 11.5. The molecule has 110 valence electrons. The van der Waals surface area contributed by atoms with Crippen molar-refractivity contribution in [1.82, 2.24) is 5.43 Å². The van der Waals surface area contributed by atoms with Gasteiger partial charge in [0.2, 0.25) is 5.91 Å². The van der Waals surface area contributed by atoms with Gasteiger partial charge >= 0.3 is 0 Å². The number of rotatable bonds is 3. The van der Waals surface area contributed by atoms with Crippen LogP contribution in [0.2, 0.25) is 0 Å². The Hall–Kier alpha value is -2.10. The predicted molar refractivity (Wildman–Crippen MR) is 85.3 cm³/mol. The van der Waals surface area contributed by atoms with E-state index in [-0.39, 0.29) is 17.2 Å². The summed E-state index contributed by atoms with van der Waals surface area (Å²) in [5.41, 5.74) is 6.26. The molecular weight excluding hydrogens is 262 g/mol. The molecule has 2 aliphatic rings. The molecule has 4 nitrogen and oxygen atoms in total. The van der Waals surface area contributed by atoms with Crippen molar-refractivity contribution in [2.45, 2.75) is 32.1 Å². The number of nitrogens with zero attached hydrogens (tertiary/aromatic N) is 2.